The Bertz CT molecular complexity index is 977. The first kappa shape index (κ1) is 58.1. The zero-order valence-corrected chi connectivity index (χ0v) is 39.9. The molecule has 0 saturated carbocycles. The summed E-state index contributed by atoms with van der Waals surface area (Å²) >= 11 is 0. The molecule has 0 aliphatic carbocycles. The van der Waals surface area contributed by atoms with Gasteiger partial charge in [-0.25, -0.2) is 0 Å². The van der Waals surface area contributed by atoms with Crippen LogP contribution >= 0.6 is 0 Å². The number of esters is 1. The third-order valence-corrected chi connectivity index (χ3v) is 11.9. The van der Waals surface area contributed by atoms with Gasteiger partial charge >= 0.3 is 5.97 Å². The van der Waals surface area contributed by atoms with Crippen LogP contribution in [0.15, 0.2) is 36.5 Å². The van der Waals surface area contributed by atoms with Crippen LogP contribution in [-0.2, 0) is 14.3 Å². The molecule has 352 valence electrons. The van der Waals surface area contributed by atoms with Crippen molar-refractivity contribution in [2.75, 3.05) is 13.2 Å². The number of aliphatic hydroxyl groups excluding tert-OH is 2. The number of nitrogens with one attached hydrogen (secondary N) is 1. The van der Waals surface area contributed by atoms with Crippen LogP contribution in [0.25, 0.3) is 0 Å². The highest BCUT2D eigenvalue weighted by Gasteiger charge is 2.18. The Morgan fingerprint density at radius 2 is 0.833 bits per heavy atom. The average molecular weight is 844 g/mol. The molecule has 0 radical (unpaired) electrons. The van der Waals surface area contributed by atoms with Crippen LogP contribution in [0, 0.1) is 0 Å². The van der Waals surface area contributed by atoms with Gasteiger partial charge in [-0.1, -0.05) is 230 Å². The predicted octanol–water partition coefficient (Wildman–Crippen LogP) is 15.7. The van der Waals surface area contributed by atoms with Gasteiger partial charge in [-0.15, -0.1) is 0 Å². The molecule has 0 aliphatic heterocycles. The zero-order valence-electron chi connectivity index (χ0n) is 39.9. The van der Waals surface area contributed by atoms with E-state index in [-0.39, 0.29) is 18.5 Å². The topological polar surface area (TPSA) is 95.9 Å². The average Bonchev–Trinajstić information content (AvgIpc) is 3.25. The first-order chi connectivity index (χ1) is 29.5. The fourth-order valence-corrected chi connectivity index (χ4v) is 7.84. The Morgan fingerprint density at radius 1 is 0.467 bits per heavy atom. The van der Waals surface area contributed by atoms with Gasteiger partial charge in [0.25, 0.3) is 0 Å². The molecule has 0 aliphatic rings. The SMILES string of the molecule is CCCCC/C=C\C/C=C\CCCCCCCCCC(=O)OCCCCCCCCCCCCCCCCCC(=O)NC(CO)C(O)/C=C/CCCCCCCCCCC. The van der Waals surface area contributed by atoms with Gasteiger partial charge in [-0.2, -0.15) is 0 Å². The number of amides is 1. The second-order valence-corrected chi connectivity index (χ2v) is 17.9. The van der Waals surface area contributed by atoms with Crippen molar-refractivity contribution in [1.29, 1.82) is 0 Å². The van der Waals surface area contributed by atoms with Gasteiger partial charge in [0.1, 0.15) is 0 Å². The third-order valence-electron chi connectivity index (χ3n) is 11.9. The Hall–Kier alpha value is -1.92. The Balaban J connectivity index is 3.44. The monoisotopic (exact) mass is 844 g/mol. The van der Waals surface area contributed by atoms with E-state index >= 15 is 0 Å². The van der Waals surface area contributed by atoms with E-state index in [0.29, 0.717) is 19.4 Å². The minimum absolute atomic E-state index is 0.00891. The number of hydrogen-bond donors (Lipinski definition) is 3. The van der Waals surface area contributed by atoms with E-state index in [2.05, 4.69) is 43.5 Å². The van der Waals surface area contributed by atoms with Crippen molar-refractivity contribution in [2.24, 2.45) is 0 Å². The van der Waals surface area contributed by atoms with Crippen molar-refractivity contribution in [3.05, 3.63) is 36.5 Å². The second-order valence-electron chi connectivity index (χ2n) is 17.9. The zero-order chi connectivity index (χ0) is 43.7. The number of rotatable bonds is 48. The lowest BCUT2D eigenvalue weighted by Crippen LogP contribution is -2.45. The minimum Gasteiger partial charge on any atom is -0.466 e. The Morgan fingerprint density at radius 3 is 1.30 bits per heavy atom. The molecule has 0 aromatic rings. The highest BCUT2D eigenvalue weighted by atomic mass is 16.5. The van der Waals surface area contributed by atoms with Crippen LogP contribution in [0.4, 0.5) is 0 Å². The summed E-state index contributed by atoms with van der Waals surface area (Å²) in [5.41, 5.74) is 0. The van der Waals surface area contributed by atoms with E-state index in [1.165, 1.54) is 180 Å². The van der Waals surface area contributed by atoms with E-state index in [1.807, 2.05) is 6.08 Å². The van der Waals surface area contributed by atoms with Crippen molar-refractivity contribution >= 4 is 11.9 Å². The van der Waals surface area contributed by atoms with E-state index < -0.39 is 12.1 Å². The van der Waals surface area contributed by atoms with Gasteiger partial charge in [0.2, 0.25) is 5.91 Å². The molecule has 0 bridgehead atoms. The van der Waals surface area contributed by atoms with Crippen molar-refractivity contribution in [3.8, 4) is 0 Å². The number of hydrogen-bond acceptors (Lipinski definition) is 5. The normalized spacial score (nSPS) is 12.9. The Kier molecular flexibility index (Phi) is 48.1. The van der Waals surface area contributed by atoms with Gasteiger partial charge in [-0.05, 0) is 64.2 Å². The summed E-state index contributed by atoms with van der Waals surface area (Å²) in [6.07, 6.45) is 60.0. The van der Waals surface area contributed by atoms with Gasteiger partial charge in [0, 0.05) is 12.8 Å². The van der Waals surface area contributed by atoms with Crippen LogP contribution in [-0.4, -0.2) is 47.4 Å². The second kappa shape index (κ2) is 49.7. The van der Waals surface area contributed by atoms with Crippen LogP contribution in [0.3, 0.4) is 0 Å². The third kappa shape index (κ3) is 45.6. The summed E-state index contributed by atoms with van der Waals surface area (Å²) < 4.78 is 5.47. The quantitative estimate of drug-likeness (QED) is 0.0322. The van der Waals surface area contributed by atoms with E-state index in [4.69, 9.17) is 4.74 Å². The molecule has 0 saturated heterocycles. The highest BCUT2D eigenvalue weighted by molar-refractivity contribution is 5.76. The number of aliphatic hydroxyl groups is 2. The fraction of sp³-hybridized carbons (Fsp3) is 0.852. The molecule has 6 nitrogen and oxygen atoms in total. The molecule has 0 fully saturated rings. The van der Waals surface area contributed by atoms with Crippen LogP contribution in [0.2, 0.25) is 0 Å². The maximum atomic E-state index is 12.4. The molecule has 0 aromatic carbocycles. The van der Waals surface area contributed by atoms with E-state index in [0.717, 1.165) is 64.2 Å². The Labute approximate surface area is 373 Å². The van der Waals surface area contributed by atoms with Gasteiger partial charge in [0.15, 0.2) is 0 Å². The summed E-state index contributed by atoms with van der Waals surface area (Å²) in [6.45, 7) is 4.84. The van der Waals surface area contributed by atoms with Crippen molar-refractivity contribution in [2.45, 2.75) is 283 Å². The highest BCUT2D eigenvalue weighted by Crippen LogP contribution is 2.16. The molecule has 0 spiro atoms. The molecule has 0 rings (SSSR count). The van der Waals surface area contributed by atoms with Crippen molar-refractivity contribution in [1.82, 2.24) is 5.32 Å². The summed E-state index contributed by atoms with van der Waals surface area (Å²) in [6, 6.07) is -0.633. The first-order valence-electron chi connectivity index (χ1n) is 26.3. The molecule has 0 heterocycles. The molecule has 3 N–H and O–H groups in total. The molecule has 60 heavy (non-hydrogen) atoms. The standard InChI is InChI=1S/C54H101NO5/c1-3-5-7-9-11-13-15-16-17-18-21-24-28-32-36-40-44-48-54(59)60-49-45-41-37-33-29-25-22-19-20-23-27-31-35-39-43-47-53(58)55-51(50-56)52(57)46-42-38-34-30-26-14-12-10-8-6-4-2/h11,13,16-17,42,46,51-52,56-57H,3-10,12,14-15,18-41,43-45,47-50H2,1-2H3,(H,55,58)/b13-11-,17-16-,46-42+. The number of unbranched alkanes of at least 4 members (excludes halogenated alkanes) is 33. The van der Waals surface area contributed by atoms with Gasteiger partial charge in [0.05, 0.1) is 25.4 Å². The summed E-state index contributed by atoms with van der Waals surface area (Å²) in [5, 5.41) is 23.0. The maximum absolute atomic E-state index is 12.4. The lowest BCUT2D eigenvalue weighted by Gasteiger charge is -2.20. The van der Waals surface area contributed by atoms with Crippen LogP contribution < -0.4 is 5.32 Å². The number of allylic oxidation sites excluding steroid dienone is 5. The van der Waals surface area contributed by atoms with E-state index in [9.17, 15) is 19.8 Å². The predicted molar refractivity (Wildman–Crippen MR) is 259 cm³/mol. The van der Waals surface area contributed by atoms with Gasteiger partial charge in [-0.3, -0.25) is 9.59 Å². The van der Waals surface area contributed by atoms with Crippen molar-refractivity contribution < 1.29 is 24.5 Å². The molecule has 0 aromatic heterocycles. The minimum atomic E-state index is -0.849. The first-order valence-corrected chi connectivity index (χ1v) is 26.3. The smallest absolute Gasteiger partial charge is 0.305 e. The molecule has 2 atom stereocenters. The molecule has 6 heteroatoms. The van der Waals surface area contributed by atoms with Crippen LogP contribution in [0.1, 0.15) is 271 Å². The number of carbonyl (C=O) groups is 2. The molecular weight excluding hydrogens is 743 g/mol. The lowest BCUT2D eigenvalue weighted by molar-refractivity contribution is -0.143. The summed E-state index contributed by atoms with van der Waals surface area (Å²) in [5.74, 6) is -0.0876. The van der Waals surface area contributed by atoms with E-state index in [1.54, 1.807) is 6.08 Å². The maximum Gasteiger partial charge on any atom is 0.305 e. The largest absolute Gasteiger partial charge is 0.466 e. The molecule has 2 unspecified atom stereocenters. The van der Waals surface area contributed by atoms with Crippen molar-refractivity contribution in [3.63, 3.8) is 0 Å². The summed E-state index contributed by atoms with van der Waals surface area (Å²) in [4.78, 5) is 24.4. The summed E-state index contributed by atoms with van der Waals surface area (Å²) in [7, 11) is 0. The number of carbonyl (C=O) groups excluding carboxylic acids is 2. The van der Waals surface area contributed by atoms with Gasteiger partial charge < -0.3 is 20.3 Å². The fourth-order valence-electron chi connectivity index (χ4n) is 7.84. The lowest BCUT2D eigenvalue weighted by atomic mass is 10.0. The molecule has 1 amide bonds. The van der Waals surface area contributed by atoms with Crippen LogP contribution in [0.5, 0.6) is 0 Å². The number of ether oxygens (including phenoxy) is 1. The molecular formula is C54H101NO5.